The molecule has 0 bridgehead atoms. The molecule has 1 aliphatic rings. The number of aromatic nitrogens is 4. The van der Waals surface area contributed by atoms with Crippen molar-refractivity contribution in [2.24, 2.45) is 13.0 Å². The number of benzene rings is 2. The van der Waals surface area contributed by atoms with E-state index in [1.54, 1.807) is 22.9 Å². The Hall–Kier alpha value is -2.85. The normalized spacial score (nSPS) is 14.2. The van der Waals surface area contributed by atoms with Gasteiger partial charge in [-0.15, -0.1) is 0 Å². The summed E-state index contributed by atoms with van der Waals surface area (Å²) in [5.74, 6) is 0.159. The Morgan fingerprint density at radius 2 is 1.92 bits per heavy atom. The van der Waals surface area contributed by atoms with Gasteiger partial charge in [-0.25, -0.2) is 4.39 Å². The Labute approximate surface area is 237 Å². The molecule has 1 aliphatic carbocycles. The van der Waals surface area contributed by atoms with E-state index in [1.165, 1.54) is 31.0 Å². The van der Waals surface area contributed by atoms with E-state index in [-0.39, 0.29) is 22.3 Å². The van der Waals surface area contributed by atoms with Gasteiger partial charge in [-0.05, 0) is 89.8 Å². The number of nitro benzene ring substituents is 1. The number of hydrogen-bond donors (Lipinski definition) is 0. The lowest BCUT2D eigenvalue weighted by atomic mass is 9.87. The summed E-state index contributed by atoms with van der Waals surface area (Å²) in [6.45, 7) is 4.91. The summed E-state index contributed by atoms with van der Waals surface area (Å²) in [6.07, 6.45) is 5.51. The lowest BCUT2D eigenvalue weighted by Crippen LogP contribution is -2.05. The maximum atomic E-state index is 14.5. The molecule has 7 nitrogen and oxygen atoms in total. The van der Waals surface area contributed by atoms with Crippen molar-refractivity contribution in [2.75, 3.05) is 0 Å². The molecule has 1 saturated carbocycles. The van der Waals surface area contributed by atoms with Gasteiger partial charge >= 0.3 is 0 Å². The second-order valence-electron chi connectivity index (χ2n) is 10.2. The first-order valence-corrected chi connectivity index (χ1v) is 14.2. The molecule has 2 heterocycles. The van der Waals surface area contributed by atoms with Crippen LogP contribution in [0.1, 0.15) is 53.6 Å². The molecule has 2 aromatic carbocycles. The lowest BCUT2D eigenvalue weighted by molar-refractivity contribution is -0.385. The highest BCUT2D eigenvalue weighted by molar-refractivity contribution is 9.10. The summed E-state index contributed by atoms with van der Waals surface area (Å²) < 4.78 is 20.1. The zero-order valence-electron chi connectivity index (χ0n) is 21.4. The Morgan fingerprint density at radius 1 is 1.16 bits per heavy atom. The highest BCUT2D eigenvalue weighted by Crippen LogP contribution is 2.37. The molecule has 5 rings (SSSR count). The van der Waals surface area contributed by atoms with Gasteiger partial charge in [-0.3, -0.25) is 19.5 Å². The van der Waals surface area contributed by atoms with Crippen LogP contribution in [0.4, 0.5) is 10.1 Å². The first-order chi connectivity index (χ1) is 18.1. The zero-order valence-corrected chi connectivity index (χ0v) is 24.6. The van der Waals surface area contributed by atoms with Crippen molar-refractivity contribution in [2.45, 2.75) is 52.0 Å². The number of aryl methyl sites for hydroxylation is 2. The monoisotopic (exact) mass is 643 g/mol. The number of rotatable bonds is 9. The first-order valence-electron chi connectivity index (χ1n) is 12.6. The summed E-state index contributed by atoms with van der Waals surface area (Å²) in [4.78, 5) is 11.3. The van der Waals surface area contributed by atoms with Crippen molar-refractivity contribution in [1.82, 2.24) is 19.6 Å². The SMILES string of the molecule is Cc1nn(CC2CC2)c(Br)c1Cc1cn(C)nc1-c1ccc(F)cc1[C@@H](C)Cc1cc(Br)ccc1[N+](=O)[O-]. The standard InChI is InChI=1S/C28H28Br2FN5O2/c1-16(10-19-11-21(29)6-9-26(19)36(37)38)24-13-22(31)7-8-23(24)27-20(15-34(3)33-27)12-25-17(2)32-35(28(25)30)14-18-4-5-18/h6-9,11,13,15-16,18H,4-5,10,12,14H2,1-3H3/t16-/m0/s1. The third-order valence-electron chi connectivity index (χ3n) is 7.15. The minimum atomic E-state index is -0.374. The lowest BCUT2D eigenvalue weighted by Gasteiger charge is -2.17. The molecule has 2 aromatic heterocycles. The molecule has 1 atom stereocenters. The largest absolute Gasteiger partial charge is 0.275 e. The minimum Gasteiger partial charge on any atom is -0.275 e. The molecule has 38 heavy (non-hydrogen) atoms. The third-order valence-corrected chi connectivity index (χ3v) is 8.53. The smallest absolute Gasteiger partial charge is 0.272 e. The van der Waals surface area contributed by atoms with Crippen LogP contribution in [-0.2, 0) is 26.4 Å². The van der Waals surface area contributed by atoms with E-state index in [2.05, 4.69) is 36.5 Å². The van der Waals surface area contributed by atoms with E-state index < -0.39 is 0 Å². The average molecular weight is 645 g/mol. The molecule has 0 N–H and O–H groups in total. The highest BCUT2D eigenvalue weighted by atomic mass is 79.9. The minimum absolute atomic E-state index is 0.0556. The van der Waals surface area contributed by atoms with Crippen LogP contribution < -0.4 is 0 Å². The van der Waals surface area contributed by atoms with Crippen LogP contribution in [0.25, 0.3) is 11.3 Å². The van der Waals surface area contributed by atoms with Crippen LogP contribution in [0.3, 0.4) is 0 Å². The molecule has 0 amide bonds. The van der Waals surface area contributed by atoms with Crippen molar-refractivity contribution in [3.05, 3.63) is 95.6 Å². The maximum Gasteiger partial charge on any atom is 0.272 e. The number of halogens is 3. The summed E-state index contributed by atoms with van der Waals surface area (Å²) in [6, 6.07) is 9.66. The van der Waals surface area contributed by atoms with Crippen LogP contribution >= 0.6 is 31.9 Å². The summed E-state index contributed by atoms with van der Waals surface area (Å²) in [7, 11) is 1.88. The first kappa shape index (κ1) is 26.7. The molecule has 0 unspecified atom stereocenters. The van der Waals surface area contributed by atoms with Gasteiger partial charge in [0.1, 0.15) is 10.4 Å². The van der Waals surface area contributed by atoms with Crippen LogP contribution in [0, 0.1) is 28.8 Å². The fourth-order valence-corrected chi connectivity index (χ4v) is 6.09. The van der Waals surface area contributed by atoms with Crippen LogP contribution in [0.5, 0.6) is 0 Å². The van der Waals surface area contributed by atoms with Crippen LogP contribution in [0.2, 0.25) is 0 Å². The molecule has 4 aromatic rings. The molecule has 10 heteroatoms. The predicted molar refractivity (Wildman–Crippen MR) is 152 cm³/mol. The van der Waals surface area contributed by atoms with E-state index in [4.69, 9.17) is 10.2 Å². The van der Waals surface area contributed by atoms with Gasteiger partial charge in [0, 0.05) is 59.0 Å². The molecule has 0 spiro atoms. The van der Waals surface area contributed by atoms with Gasteiger partial charge in [0.25, 0.3) is 5.69 Å². The van der Waals surface area contributed by atoms with E-state index in [0.29, 0.717) is 24.3 Å². The predicted octanol–water partition coefficient (Wildman–Crippen LogP) is 7.51. The van der Waals surface area contributed by atoms with Crippen molar-refractivity contribution >= 4 is 37.5 Å². The number of hydrogen-bond acceptors (Lipinski definition) is 4. The van der Waals surface area contributed by atoms with Crippen LogP contribution in [-0.4, -0.2) is 24.5 Å². The second kappa shape index (κ2) is 10.7. The summed E-state index contributed by atoms with van der Waals surface area (Å²) in [5.41, 5.74) is 6.11. The molecular formula is C28H28Br2FN5O2. The molecule has 1 fully saturated rings. The molecule has 0 aliphatic heterocycles. The average Bonchev–Trinajstić information content (AvgIpc) is 3.54. The maximum absolute atomic E-state index is 14.5. The summed E-state index contributed by atoms with van der Waals surface area (Å²) in [5, 5.41) is 21.2. The van der Waals surface area contributed by atoms with Crippen molar-refractivity contribution in [3.8, 4) is 11.3 Å². The Morgan fingerprint density at radius 3 is 2.63 bits per heavy atom. The van der Waals surface area contributed by atoms with Crippen LogP contribution in [0.15, 0.2) is 51.7 Å². The molecular weight excluding hydrogens is 617 g/mol. The van der Waals surface area contributed by atoms with Gasteiger partial charge in [-0.1, -0.05) is 22.9 Å². The fourth-order valence-electron chi connectivity index (χ4n) is 5.03. The Balaban J connectivity index is 1.51. The quantitative estimate of drug-likeness (QED) is 0.140. The second-order valence-corrected chi connectivity index (χ2v) is 11.9. The third kappa shape index (κ3) is 5.61. The van der Waals surface area contributed by atoms with Gasteiger partial charge in [0.15, 0.2) is 0 Å². The van der Waals surface area contributed by atoms with Gasteiger partial charge in [0.05, 0.1) is 16.3 Å². The topological polar surface area (TPSA) is 78.8 Å². The number of nitrogens with zero attached hydrogens (tertiary/aromatic N) is 5. The van der Waals surface area contributed by atoms with Crippen molar-refractivity contribution < 1.29 is 9.31 Å². The van der Waals surface area contributed by atoms with Crippen molar-refractivity contribution in [3.63, 3.8) is 0 Å². The van der Waals surface area contributed by atoms with E-state index >= 15 is 0 Å². The van der Waals surface area contributed by atoms with E-state index in [0.717, 1.165) is 49.3 Å². The van der Waals surface area contributed by atoms with E-state index in [1.807, 2.05) is 27.1 Å². The van der Waals surface area contributed by atoms with Gasteiger partial charge < -0.3 is 0 Å². The molecule has 0 radical (unpaired) electrons. The molecule has 198 valence electrons. The van der Waals surface area contributed by atoms with Crippen molar-refractivity contribution in [1.29, 1.82) is 0 Å². The zero-order chi connectivity index (χ0) is 27.1. The Bertz CT molecular complexity index is 1530. The summed E-state index contributed by atoms with van der Waals surface area (Å²) >= 11 is 7.20. The van der Waals surface area contributed by atoms with E-state index in [9.17, 15) is 14.5 Å². The highest BCUT2D eigenvalue weighted by Gasteiger charge is 2.26. The van der Waals surface area contributed by atoms with Gasteiger partial charge in [0.2, 0.25) is 0 Å². The fraction of sp³-hybridized carbons (Fsp3) is 0.357. The molecule has 0 saturated heterocycles. The number of nitro groups is 1. The van der Waals surface area contributed by atoms with Gasteiger partial charge in [-0.2, -0.15) is 10.2 Å². The Kier molecular flexibility index (Phi) is 7.55.